The minimum absolute atomic E-state index is 0.160. The lowest BCUT2D eigenvalue weighted by atomic mass is 10.1. The fourth-order valence-corrected chi connectivity index (χ4v) is 4.07. The molecule has 1 heterocycles. The van der Waals surface area contributed by atoms with Crippen molar-refractivity contribution in [3.8, 4) is 6.07 Å². The van der Waals surface area contributed by atoms with Gasteiger partial charge in [0.05, 0.1) is 5.25 Å². The van der Waals surface area contributed by atoms with Gasteiger partial charge in [0.2, 0.25) is 5.91 Å². The normalized spacial score (nSPS) is 18.5. The summed E-state index contributed by atoms with van der Waals surface area (Å²) < 4.78 is 0. The molecule has 1 fully saturated rings. The van der Waals surface area contributed by atoms with Gasteiger partial charge in [-0.05, 0) is 31.0 Å². The highest BCUT2D eigenvalue weighted by Gasteiger charge is 2.40. The summed E-state index contributed by atoms with van der Waals surface area (Å²) in [7, 11) is 0. The van der Waals surface area contributed by atoms with Gasteiger partial charge in [-0.15, -0.1) is 0 Å². The third-order valence-corrected chi connectivity index (χ3v) is 5.34. The van der Waals surface area contributed by atoms with E-state index < -0.39 is 11.2 Å². The second-order valence-electron chi connectivity index (χ2n) is 5.96. The molecule has 6 heteroatoms. The molecule has 0 aliphatic carbocycles. The van der Waals surface area contributed by atoms with E-state index in [1.165, 1.54) is 16.7 Å². The molecule has 2 amide bonds. The van der Waals surface area contributed by atoms with E-state index in [9.17, 15) is 14.9 Å². The lowest BCUT2D eigenvalue weighted by Gasteiger charge is -2.18. The first kappa shape index (κ1) is 17.8. The number of benzene rings is 2. The molecule has 1 aliphatic rings. The zero-order chi connectivity index (χ0) is 18.7. The van der Waals surface area contributed by atoms with Gasteiger partial charge in [0.15, 0.2) is 0 Å². The Morgan fingerprint density at radius 2 is 1.85 bits per heavy atom. The highest BCUT2D eigenvalue weighted by molar-refractivity contribution is 8.05. The molecule has 130 valence electrons. The van der Waals surface area contributed by atoms with Gasteiger partial charge in [-0.2, -0.15) is 5.26 Å². The van der Waals surface area contributed by atoms with Gasteiger partial charge in [0.25, 0.3) is 5.91 Å². The number of carbonyl (C=O) groups is 2. The van der Waals surface area contributed by atoms with Crippen LogP contribution in [0, 0.1) is 18.3 Å². The fraction of sp³-hybridized carbons (Fsp3) is 0.150. The molecule has 0 aromatic heterocycles. The summed E-state index contributed by atoms with van der Waals surface area (Å²) in [6.45, 7) is 1.95. The number of amides is 2. The van der Waals surface area contributed by atoms with Crippen LogP contribution in [-0.4, -0.2) is 17.1 Å². The summed E-state index contributed by atoms with van der Waals surface area (Å²) in [5.74, 6) is -0.994. The highest BCUT2D eigenvalue weighted by Crippen LogP contribution is 2.41. The molecule has 2 aromatic carbocycles. The maximum absolute atomic E-state index is 13.1. The van der Waals surface area contributed by atoms with Gasteiger partial charge in [-0.1, -0.05) is 59.8 Å². The number of carbonyl (C=O) groups excluding carboxylic acids is 2. The average molecular weight is 363 g/mol. The predicted molar refractivity (Wildman–Crippen MR) is 102 cm³/mol. The van der Waals surface area contributed by atoms with Gasteiger partial charge in [0.1, 0.15) is 16.7 Å². The standard InChI is InChI=1S/C20H17N3O2S/c1-13-7-9-15(10-8-13)23-19(25)17(11-14-5-3-2-4-6-14)26-20(23)16(12-21)18(22)24/h2-10,17H,11H2,1H3,(H2,22,24)/b20-16-. The highest BCUT2D eigenvalue weighted by atomic mass is 32.2. The monoisotopic (exact) mass is 363 g/mol. The topological polar surface area (TPSA) is 87.2 Å². The van der Waals surface area contributed by atoms with Crippen molar-refractivity contribution in [2.24, 2.45) is 5.73 Å². The van der Waals surface area contributed by atoms with E-state index in [1.807, 2.05) is 55.5 Å². The van der Waals surface area contributed by atoms with Crippen molar-refractivity contribution in [1.29, 1.82) is 5.26 Å². The quantitative estimate of drug-likeness (QED) is 0.668. The zero-order valence-electron chi connectivity index (χ0n) is 14.2. The van der Waals surface area contributed by atoms with Crippen LogP contribution in [0.25, 0.3) is 0 Å². The summed E-state index contributed by atoms with van der Waals surface area (Å²) in [5, 5.41) is 9.25. The molecule has 0 spiro atoms. The predicted octanol–water partition coefficient (Wildman–Crippen LogP) is 2.91. The molecule has 2 aromatic rings. The minimum atomic E-state index is -0.833. The van der Waals surface area contributed by atoms with Crippen molar-refractivity contribution >= 4 is 29.3 Å². The number of nitrogens with two attached hydrogens (primary N) is 1. The first-order valence-electron chi connectivity index (χ1n) is 8.06. The van der Waals surface area contributed by atoms with Crippen LogP contribution in [0.2, 0.25) is 0 Å². The third-order valence-electron chi connectivity index (χ3n) is 4.08. The molecule has 1 saturated heterocycles. The average Bonchev–Trinajstić information content (AvgIpc) is 2.93. The van der Waals surface area contributed by atoms with E-state index in [0.717, 1.165) is 11.1 Å². The van der Waals surface area contributed by atoms with Gasteiger partial charge >= 0.3 is 0 Å². The van der Waals surface area contributed by atoms with Crippen LogP contribution < -0.4 is 10.6 Å². The van der Waals surface area contributed by atoms with E-state index >= 15 is 0 Å². The SMILES string of the molecule is Cc1ccc(N2C(=O)C(Cc3ccccc3)S/C2=C(/C#N)C(N)=O)cc1. The molecule has 0 bridgehead atoms. The molecular weight excluding hydrogens is 346 g/mol. The Bertz CT molecular complexity index is 914. The van der Waals surface area contributed by atoms with Crippen LogP contribution in [0.3, 0.4) is 0 Å². The smallest absolute Gasteiger partial charge is 0.262 e. The molecule has 26 heavy (non-hydrogen) atoms. The first-order chi connectivity index (χ1) is 12.5. The lowest BCUT2D eigenvalue weighted by molar-refractivity contribution is -0.117. The summed E-state index contributed by atoms with van der Waals surface area (Å²) >= 11 is 1.21. The first-order valence-corrected chi connectivity index (χ1v) is 8.94. The third kappa shape index (κ3) is 3.48. The Morgan fingerprint density at radius 1 is 1.19 bits per heavy atom. The van der Waals surface area contributed by atoms with Crippen molar-refractivity contribution < 1.29 is 9.59 Å². The lowest BCUT2D eigenvalue weighted by Crippen LogP contribution is -2.31. The molecule has 1 unspecified atom stereocenters. The second kappa shape index (κ2) is 7.46. The van der Waals surface area contributed by atoms with E-state index in [4.69, 9.17) is 5.73 Å². The number of nitrogens with zero attached hydrogens (tertiary/aromatic N) is 2. The van der Waals surface area contributed by atoms with Crippen LogP contribution in [0.15, 0.2) is 65.2 Å². The summed E-state index contributed by atoms with van der Waals surface area (Å²) in [4.78, 5) is 26.2. The number of hydrogen-bond acceptors (Lipinski definition) is 4. The van der Waals surface area contributed by atoms with E-state index in [1.54, 1.807) is 12.1 Å². The van der Waals surface area contributed by atoms with Gasteiger partial charge in [-0.3, -0.25) is 14.5 Å². The van der Waals surface area contributed by atoms with Crippen LogP contribution in [0.5, 0.6) is 0 Å². The Hall–Kier alpha value is -3.04. The number of anilines is 1. The van der Waals surface area contributed by atoms with Crippen LogP contribution in [-0.2, 0) is 16.0 Å². The van der Waals surface area contributed by atoms with E-state index in [2.05, 4.69) is 0 Å². The van der Waals surface area contributed by atoms with Crippen molar-refractivity contribution in [1.82, 2.24) is 0 Å². The molecule has 3 rings (SSSR count). The number of rotatable bonds is 4. The molecular formula is C20H17N3O2S. The maximum Gasteiger partial charge on any atom is 0.262 e. The van der Waals surface area contributed by atoms with E-state index in [-0.39, 0.29) is 11.5 Å². The molecule has 5 nitrogen and oxygen atoms in total. The van der Waals surface area contributed by atoms with Gasteiger partial charge in [0, 0.05) is 5.69 Å². The summed E-state index contributed by atoms with van der Waals surface area (Å²) in [5.41, 5.74) is 7.85. The van der Waals surface area contributed by atoms with Crippen molar-refractivity contribution in [3.05, 3.63) is 76.3 Å². The Labute approximate surface area is 156 Å². The van der Waals surface area contributed by atoms with E-state index in [0.29, 0.717) is 17.1 Å². The maximum atomic E-state index is 13.1. The number of aryl methyl sites for hydroxylation is 1. The zero-order valence-corrected chi connectivity index (χ0v) is 15.0. The van der Waals surface area contributed by atoms with Crippen molar-refractivity contribution in [2.45, 2.75) is 18.6 Å². The van der Waals surface area contributed by atoms with Gasteiger partial charge in [-0.25, -0.2) is 0 Å². The van der Waals surface area contributed by atoms with Crippen LogP contribution in [0.1, 0.15) is 11.1 Å². The van der Waals surface area contributed by atoms with Crippen molar-refractivity contribution in [3.63, 3.8) is 0 Å². The Balaban J connectivity index is 2.03. The number of primary amides is 1. The van der Waals surface area contributed by atoms with Crippen LogP contribution >= 0.6 is 11.8 Å². The fourth-order valence-electron chi connectivity index (χ4n) is 2.76. The summed E-state index contributed by atoms with van der Waals surface area (Å²) in [6.07, 6.45) is 0.508. The Morgan fingerprint density at radius 3 is 2.42 bits per heavy atom. The molecule has 0 saturated carbocycles. The second-order valence-corrected chi connectivity index (χ2v) is 7.15. The number of hydrogen-bond donors (Lipinski definition) is 1. The number of nitriles is 1. The summed E-state index contributed by atoms with van der Waals surface area (Å²) in [6, 6.07) is 18.9. The molecule has 1 aliphatic heterocycles. The number of thioether (sulfide) groups is 1. The molecule has 2 N–H and O–H groups in total. The largest absolute Gasteiger partial charge is 0.365 e. The molecule has 1 atom stereocenters. The molecule has 0 radical (unpaired) electrons. The van der Waals surface area contributed by atoms with Gasteiger partial charge < -0.3 is 5.73 Å². The minimum Gasteiger partial charge on any atom is -0.365 e. The van der Waals surface area contributed by atoms with Crippen LogP contribution in [0.4, 0.5) is 5.69 Å². The van der Waals surface area contributed by atoms with Crippen molar-refractivity contribution in [2.75, 3.05) is 4.90 Å². The Kier molecular flexibility index (Phi) is 5.10.